The van der Waals surface area contributed by atoms with Crippen LogP contribution in [0.15, 0.2) is 55.0 Å². The van der Waals surface area contributed by atoms with Gasteiger partial charge in [0.1, 0.15) is 12.1 Å². The molecule has 2 heterocycles. The number of benzene rings is 2. The van der Waals surface area contributed by atoms with Crippen LogP contribution in [-0.4, -0.2) is 32.0 Å². The number of pyridine rings is 1. The van der Waals surface area contributed by atoms with Crippen LogP contribution < -0.4 is 10.1 Å². The van der Waals surface area contributed by atoms with E-state index in [4.69, 9.17) is 4.74 Å². The van der Waals surface area contributed by atoms with Gasteiger partial charge in [-0.1, -0.05) is 18.2 Å². The zero-order valence-corrected chi connectivity index (χ0v) is 15.0. The molecule has 10 heteroatoms. The number of hydrogen-bond acceptors (Lipinski definition) is 8. The van der Waals surface area contributed by atoms with Gasteiger partial charge < -0.3 is 10.1 Å². The Hall–Kier alpha value is -4.21. The minimum absolute atomic E-state index is 0.0717. The molecule has 0 saturated heterocycles. The molecule has 4 rings (SSSR count). The van der Waals surface area contributed by atoms with E-state index in [0.717, 1.165) is 23.0 Å². The van der Waals surface area contributed by atoms with Crippen LogP contribution in [0.1, 0.15) is 0 Å². The predicted octanol–water partition coefficient (Wildman–Crippen LogP) is 3.89. The van der Waals surface area contributed by atoms with E-state index in [1.165, 1.54) is 13.4 Å². The molecule has 0 fully saturated rings. The Balaban J connectivity index is 1.70. The fourth-order valence-corrected chi connectivity index (χ4v) is 2.76. The summed E-state index contributed by atoms with van der Waals surface area (Å²) < 4.78 is 18.9. The number of nitro groups is 1. The lowest BCUT2D eigenvalue weighted by molar-refractivity contribution is -0.387. The highest BCUT2D eigenvalue weighted by atomic mass is 19.1. The molecule has 0 radical (unpaired) electrons. The molecule has 0 unspecified atom stereocenters. The fraction of sp³-hybridized carbons (Fsp3) is 0.0526. The first kappa shape index (κ1) is 18.2. The maximum Gasteiger partial charge on any atom is 0.307 e. The van der Waals surface area contributed by atoms with Gasteiger partial charge in [-0.2, -0.15) is 9.37 Å². The number of halogens is 1. The second-order valence-electron chi connectivity index (χ2n) is 5.94. The van der Waals surface area contributed by atoms with Crippen LogP contribution >= 0.6 is 0 Å². The van der Waals surface area contributed by atoms with E-state index in [-0.39, 0.29) is 17.4 Å². The third-order valence-electron chi connectivity index (χ3n) is 4.13. The number of aromatic nitrogens is 4. The number of ether oxygens (including phenoxy) is 1. The van der Waals surface area contributed by atoms with Gasteiger partial charge in [0.2, 0.25) is 11.8 Å². The Morgan fingerprint density at radius 3 is 2.76 bits per heavy atom. The van der Waals surface area contributed by atoms with Crippen molar-refractivity contribution >= 4 is 28.2 Å². The van der Waals surface area contributed by atoms with E-state index in [9.17, 15) is 14.5 Å². The minimum atomic E-state index is -1.00. The van der Waals surface area contributed by atoms with Crippen molar-refractivity contribution in [2.75, 3.05) is 12.4 Å². The molecule has 2 aromatic carbocycles. The van der Waals surface area contributed by atoms with E-state index in [2.05, 4.69) is 25.3 Å². The molecule has 0 spiro atoms. The van der Waals surface area contributed by atoms with E-state index in [1.54, 1.807) is 6.20 Å². The summed E-state index contributed by atoms with van der Waals surface area (Å²) in [4.78, 5) is 27.1. The number of rotatable bonds is 5. The zero-order chi connectivity index (χ0) is 20.4. The Bertz CT molecular complexity index is 1230. The maximum absolute atomic E-state index is 13.8. The largest absolute Gasteiger partial charge is 0.494 e. The molecule has 9 nitrogen and oxygen atoms in total. The highest BCUT2D eigenvalue weighted by Gasteiger charge is 2.19. The first-order valence-corrected chi connectivity index (χ1v) is 8.38. The second kappa shape index (κ2) is 7.43. The van der Waals surface area contributed by atoms with Gasteiger partial charge >= 0.3 is 5.69 Å². The SMILES string of the molecule is COc1cc(F)c([N+](=O)[O-])cc1Nc1ncnc(-c2cnc3ccccc3c2)n1. The van der Waals surface area contributed by atoms with E-state index in [0.29, 0.717) is 11.4 Å². The fourth-order valence-electron chi connectivity index (χ4n) is 2.76. The quantitative estimate of drug-likeness (QED) is 0.402. The molecule has 0 aliphatic carbocycles. The highest BCUT2D eigenvalue weighted by molar-refractivity contribution is 5.82. The van der Waals surface area contributed by atoms with Gasteiger partial charge in [-0.15, -0.1) is 0 Å². The molecule has 0 saturated carbocycles. The van der Waals surface area contributed by atoms with Crippen molar-refractivity contribution in [3.05, 3.63) is 70.9 Å². The van der Waals surface area contributed by atoms with Crippen molar-refractivity contribution in [3.8, 4) is 17.1 Å². The van der Waals surface area contributed by atoms with Crippen molar-refractivity contribution < 1.29 is 14.1 Å². The summed E-state index contributed by atoms with van der Waals surface area (Å²) in [6.45, 7) is 0. The van der Waals surface area contributed by atoms with Crippen molar-refractivity contribution in [1.29, 1.82) is 0 Å². The van der Waals surface area contributed by atoms with E-state index >= 15 is 0 Å². The number of nitro benzene ring substituents is 1. The van der Waals surface area contributed by atoms with Crippen LogP contribution in [0, 0.1) is 15.9 Å². The van der Waals surface area contributed by atoms with E-state index in [1.807, 2.05) is 30.3 Å². The molecule has 1 N–H and O–H groups in total. The van der Waals surface area contributed by atoms with E-state index < -0.39 is 16.4 Å². The zero-order valence-electron chi connectivity index (χ0n) is 15.0. The van der Waals surface area contributed by atoms with Gasteiger partial charge in [-0.05, 0) is 12.1 Å². The summed E-state index contributed by atoms with van der Waals surface area (Å²) in [6, 6.07) is 11.5. The summed E-state index contributed by atoms with van der Waals surface area (Å²) in [5.41, 5.74) is 0.967. The monoisotopic (exact) mass is 392 g/mol. The Morgan fingerprint density at radius 2 is 1.97 bits per heavy atom. The van der Waals surface area contributed by atoms with Crippen LogP contribution in [0.25, 0.3) is 22.3 Å². The first-order valence-electron chi connectivity index (χ1n) is 8.38. The Labute approximate surface area is 163 Å². The van der Waals surface area contributed by atoms with Gasteiger partial charge in [0.05, 0.1) is 23.2 Å². The number of methoxy groups -OCH3 is 1. The molecule has 29 heavy (non-hydrogen) atoms. The number of hydrogen-bond donors (Lipinski definition) is 1. The predicted molar refractivity (Wildman–Crippen MR) is 103 cm³/mol. The molecule has 0 atom stereocenters. The molecule has 0 aliphatic rings. The highest BCUT2D eigenvalue weighted by Crippen LogP contribution is 2.33. The Kier molecular flexibility index (Phi) is 4.65. The van der Waals surface area contributed by atoms with Crippen LogP contribution in [-0.2, 0) is 0 Å². The average Bonchev–Trinajstić information content (AvgIpc) is 2.74. The molecule has 144 valence electrons. The number of nitrogens with zero attached hydrogens (tertiary/aromatic N) is 5. The lowest BCUT2D eigenvalue weighted by Crippen LogP contribution is -2.03. The number of nitrogens with one attached hydrogen (secondary N) is 1. The van der Waals surface area contributed by atoms with Crippen LogP contribution in [0.4, 0.5) is 21.7 Å². The Morgan fingerprint density at radius 1 is 1.14 bits per heavy atom. The minimum Gasteiger partial charge on any atom is -0.494 e. The number of fused-ring (bicyclic) bond motifs is 1. The van der Waals surface area contributed by atoms with Crippen LogP contribution in [0.5, 0.6) is 5.75 Å². The number of anilines is 2. The summed E-state index contributed by atoms with van der Waals surface area (Å²) in [6.07, 6.45) is 2.94. The second-order valence-corrected chi connectivity index (χ2v) is 5.94. The molecule has 0 bridgehead atoms. The van der Waals surface area contributed by atoms with Crippen molar-refractivity contribution in [2.45, 2.75) is 0 Å². The molecular formula is C19H13FN6O3. The normalized spacial score (nSPS) is 10.7. The summed E-state index contributed by atoms with van der Waals surface area (Å²) in [5, 5.41) is 14.8. The van der Waals surface area contributed by atoms with Crippen molar-refractivity contribution in [1.82, 2.24) is 19.9 Å². The third kappa shape index (κ3) is 3.63. The molecular weight excluding hydrogens is 379 g/mol. The van der Waals surface area contributed by atoms with Crippen LogP contribution in [0.3, 0.4) is 0 Å². The topological polar surface area (TPSA) is 116 Å². The summed E-state index contributed by atoms with van der Waals surface area (Å²) >= 11 is 0. The van der Waals surface area contributed by atoms with Gasteiger partial charge in [0.15, 0.2) is 5.82 Å². The molecule has 2 aromatic heterocycles. The lowest BCUT2D eigenvalue weighted by atomic mass is 10.1. The van der Waals surface area contributed by atoms with Gasteiger partial charge in [-0.25, -0.2) is 9.97 Å². The first-order chi connectivity index (χ1) is 14.0. The average molecular weight is 392 g/mol. The van der Waals surface area contributed by atoms with Gasteiger partial charge in [0.25, 0.3) is 0 Å². The summed E-state index contributed by atoms with van der Waals surface area (Å²) in [5.74, 6) is -0.461. The third-order valence-corrected chi connectivity index (χ3v) is 4.13. The molecule has 0 amide bonds. The molecule has 4 aromatic rings. The standard InChI is InChI=1S/C19H13FN6O3/c1-29-17-7-13(20)16(26(27)28)8-15(17)24-19-23-10-22-18(25-19)12-6-11-4-2-3-5-14(11)21-9-12/h2-10H,1H3,(H,22,23,24,25). The summed E-state index contributed by atoms with van der Waals surface area (Å²) in [7, 11) is 1.32. The molecule has 0 aliphatic heterocycles. The maximum atomic E-state index is 13.8. The van der Waals surface area contributed by atoms with Crippen LogP contribution in [0.2, 0.25) is 0 Å². The van der Waals surface area contributed by atoms with Crippen molar-refractivity contribution in [3.63, 3.8) is 0 Å². The number of para-hydroxylation sites is 1. The lowest BCUT2D eigenvalue weighted by Gasteiger charge is -2.10. The van der Waals surface area contributed by atoms with Crippen molar-refractivity contribution in [2.24, 2.45) is 0 Å². The smallest absolute Gasteiger partial charge is 0.307 e. The van der Waals surface area contributed by atoms with Gasteiger partial charge in [0, 0.05) is 29.3 Å². The van der Waals surface area contributed by atoms with Gasteiger partial charge in [-0.3, -0.25) is 15.1 Å².